The first-order chi connectivity index (χ1) is 9.08. The Labute approximate surface area is 116 Å². The number of Topliss-reactive ketones (excluding diaryl/α,β-unsaturated/α-hetero) is 1. The molecule has 1 aromatic carbocycles. The van der Waals surface area contributed by atoms with E-state index in [9.17, 15) is 4.79 Å². The average Bonchev–Trinajstić information content (AvgIpc) is 2.64. The second-order valence-electron chi connectivity index (χ2n) is 5.91. The zero-order valence-electron chi connectivity index (χ0n) is 12.4. The molecule has 0 radical (unpaired) electrons. The molecule has 2 heteroatoms. The van der Waals surface area contributed by atoms with Gasteiger partial charge in [-0.1, -0.05) is 24.6 Å². The second-order valence-corrected chi connectivity index (χ2v) is 5.91. The van der Waals surface area contributed by atoms with Crippen LogP contribution in [0.2, 0.25) is 0 Å². The fraction of sp³-hybridized carbons (Fsp3) is 0.588. The number of ketones is 1. The van der Waals surface area contributed by atoms with Crippen LogP contribution in [0.5, 0.6) is 0 Å². The first-order valence-corrected chi connectivity index (χ1v) is 7.40. The maximum absolute atomic E-state index is 11.5. The molecule has 0 bridgehead atoms. The highest BCUT2D eigenvalue weighted by Crippen LogP contribution is 2.28. The van der Waals surface area contributed by atoms with Crippen molar-refractivity contribution in [2.24, 2.45) is 11.8 Å². The van der Waals surface area contributed by atoms with Gasteiger partial charge in [-0.05, 0) is 51.2 Å². The summed E-state index contributed by atoms with van der Waals surface area (Å²) in [5.74, 6) is 1.12. The summed E-state index contributed by atoms with van der Waals surface area (Å²) in [6.07, 6.45) is 3.51. The third kappa shape index (κ3) is 3.59. The van der Waals surface area contributed by atoms with Crippen molar-refractivity contribution in [3.63, 3.8) is 0 Å². The molecule has 1 aliphatic rings. The minimum absolute atomic E-state index is 0.220. The summed E-state index contributed by atoms with van der Waals surface area (Å²) in [6.45, 7) is 8.13. The van der Waals surface area contributed by atoms with E-state index in [2.05, 4.69) is 43.0 Å². The first-order valence-electron chi connectivity index (χ1n) is 7.40. The molecular formula is C17H25NO. The topological polar surface area (TPSA) is 20.3 Å². The Morgan fingerprint density at radius 2 is 1.89 bits per heavy atom. The normalized spacial score (nSPS) is 21.8. The van der Waals surface area contributed by atoms with Crippen LogP contribution in [0.1, 0.15) is 38.7 Å². The van der Waals surface area contributed by atoms with Crippen LogP contribution in [0.4, 0.5) is 5.69 Å². The van der Waals surface area contributed by atoms with Crippen LogP contribution in [-0.2, 0) is 4.79 Å². The molecule has 1 aliphatic heterocycles. The van der Waals surface area contributed by atoms with E-state index in [0.29, 0.717) is 11.7 Å². The monoisotopic (exact) mass is 259 g/mol. The molecular weight excluding hydrogens is 234 g/mol. The Morgan fingerprint density at radius 3 is 2.53 bits per heavy atom. The molecule has 2 rings (SSSR count). The minimum Gasteiger partial charge on any atom is -0.372 e. The molecule has 1 heterocycles. The smallest absolute Gasteiger partial charge is 0.132 e. The van der Waals surface area contributed by atoms with Crippen molar-refractivity contribution in [3.05, 3.63) is 29.8 Å². The highest BCUT2D eigenvalue weighted by atomic mass is 16.1. The summed E-state index contributed by atoms with van der Waals surface area (Å²) in [7, 11) is 0. The SMILES string of the molecule is CC(=O)C(C)C1CCCN(c2ccc(C)cc2)CC1. The Hall–Kier alpha value is -1.31. The van der Waals surface area contributed by atoms with Crippen molar-refractivity contribution in [3.8, 4) is 0 Å². The van der Waals surface area contributed by atoms with Crippen molar-refractivity contribution in [2.45, 2.75) is 40.0 Å². The van der Waals surface area contributed by atoms with Gasteiger partial charge in [-0.2, -0.15) is 0 Å². The van der Waals surface area contributed by atoms with Gasteiger partial charge in [-0.3, -0.25) is 4.79 Å². The minimum atomic E-state index is 0.220. The Bertz CT molecular complexity index is 423. The van der Waals surface area contributed by atoms with Crippen molar-refractivity contribution >= 4 is 11.5 Å². The zero-order valence-corrected chi connectivity index (χ0v) is 12.4. The highest BCUT2D eigenvalue weighted by molar-refractivity contribution is 5.78. The average molecular weight is 259 g/mol. The molecule has 0 amide bonds. The van der Waals surface area contributed by atoms with E-state index in [0.717, 1.165) is 19.5 Å². The standard InChI is InChI=1S/C17H25NO/c1-13-6-8-17(9-7-13)18-11-4-5-16(10-12-18)14(2)15(3)19/h6-9,14,16H,4-5,10-12H2,1-3H3. The predicted octanol–water partition coefficient (Wildman–Crippen LogP) is 3.83. The van der Waals surface area contributed by atoms with E-state index < -0.39 is 0 Å². The lowest BCUT2D eigenvalue weighted by Crippen LogP contribution is -2.25. The van der Waals surface area contributed by atoms with Gasteiger partial charge in [0.2, 0.25) is 0 Å². The van der Waals surface area contributed by atoms with Crippen molar-refractivity contribution in [1.29, 1.82) is 0 Å². The van der Waals surface area contributed by atoms with E-state index >= 15 is 0 Å². The molecule has 0 saturated carbocycles. The summed E-state index contributed by atoms with van der Waals surface area (Å²) >= 11 is 0. The highest BCUT2D eigenvalue weighted by Gasteiger charge is 2.24. The fourth-order valence-electron chi connectivity index (χ4n) is 2.97. The lowest BCUT2D eigenvalue weighted by Gasteiger charge is -2.24. The molecule has 104 valence electrons. The summed E-state index contributed by atoms with van der Waals surface area (Å²) in [5, 5.41) is 0. The van der Waals surface area contributed by atoms with Gasteiger partial charge >= 0.3 is 0 Å². The van der Waals surface area contributed by atoms with Crippen LogP contribution >= 0.6 is 0 Å². The molecule has 1 saturated heterocycles. The first kappa shape index (κ1) is 14.1. The van der Waals surface area contributed by atoms with Gasteiger partial charge in [0.05, 0.1) is 0 Å². The Balaban J connectivity index is 2.00. The van der Waals surface area contributed by atoms with E-state index in [1.54, 1.807) is 6.92 Å². The summed E-state index contributed by atoms with van der Waals surface area (Å²) < 4.78 is 0. The number of rotatable bonds is 3. The molecule has 2 atom stereocenters. The maximum Gasteiger partial charge on any atom is 0.132 e. The van der Waals surface area contributed by atoms with Crippen LogP contribution in [0.15, 0.2) is 24.3 Å². The summed E-state index contributed by atoms with van der Waals surface area (Å²) in [5.41, 5.74) is 2.63. The number of hydrogen-bond donors (Lipinski definition) is 0. The molecule has 0 aromatic heterocycles. The molecule has 2 nitrogen and oxygen atoms in total. The number of hydrogen-bond acceptors (Lipinski definition) is 2. The fourth-order valence-corrected chi connectivity index (χ4v) is 2.97. The van der Waals surface area contributed by atoms with Crippen LogP contribution in [0, 0.1) is 18.8 Å². The third-order valence-corrected chi connectivity index (χ3v) is 4.52. The lowest BCUT2D eigenvalue weighted by atomic mass is 9.85. The third-order valence-electron chi connectivity index (χ3n) is 4.52. The van der Waals surface area contributed by atoms with Gasteiger partial charge in [0.25, 0.3) is 0 Å². The van der Waals surface area contributed by atoms with Crippen LogP contribution in [0.3, 0.4) is 0 Å². The Morgan fingerprint density at radius 1 is 1.21 bits per heavy atom. The quantitative estimate of drug-likeness (QED) is 0.822. The van der Waals surface area contributed by atoms with Gasteiger partial charge < -0.3 is 4.90 Å². The van der Waals surface area contributed by atoms with Crippen LogP contribution < -0.4 is 4.90 Å². The van der Waals surface area contributed by atoms with Crippen LogP contribution in [0.25, 0.3) is 0 Å². The Kier molecular flexibility index (Phi) is 4.62. The number of aryl methyl sites for hydroxylation is 1. The molecule has 0 aliphatic carbocycles. The molecule has 1 aromatic rings. The lowest BCUT2D eigenvalue weighted by molar-refractivity contribution is -0.121. The zero-order chi connectivity index (χ0) is 13.8. The van der Waals surface area contributed by atoms with Gasteiger partial charge in [-0.25, -0.2) is 0 Å². The maximum atomic E-state index is 11.5. The van der Waals surface area contributed by atoms with E-state index in [1.807, 2.05) is 0 Å². The van der Waals surface area contributed by atoms with E-state index in [4.69, 9.17) is 0 Å². The molecule has 0 N–H and O–H groups in total. The number of carbonyl (C=O) groups excluding carboxylic acids is 1. The molecule has 1 fully saturated rings. The molecule has 19 heavy (non-hydrogen) atoms. The van der Waals surface area contributed by atoms with Gasteiger partial charge in [-0.15, -0.1) is 0 Å². The second kappa shape index (κ2) is 6.23. The van der Waals surface area contributed by atoms with E-state index in [-0.39, 0.29) is 5.92 Å². The largest absolute Gasteiger partial charge is 0.372 e. The summed E-state index contributed by atoms with van der Waals surface area (Å²) in [6, 6.07) is 8.78. The van der Waals surface area contributed by atoms with Crippen LogP contribution in [-0.4, -0.2) is 18.9 Å². The van der Waals surface area contributed by atoms with Gasteiger partial charge in [0.1, 0.15) is 5.78 Å². The summed E-state index contributed by atoms with van der Waals surface area (Å²) in [4.78, 5) is 14.0. The number of benzene rings is 1. The number of carbonyl (C=O) groups is 1. The van der Waals surface area contributed by atoms with Crippen molar-refractivity contribution in [1.82, 2.24) is 0 Å². The van der Waals surface area contributed by atoms with Gasteiger partial charge in [0, 0.05) is 24.7 Å². The van der Waals surface area contributed by atoms with Gasteiger partial charge in [0.15, 0.2) is 0 Å². The van der Waals surface area contributed by atoms with E-state index in [1.165, 1.54) is 24.1 Å². The number of anilines is 1. The number of nitrogens with zero attached hydrogens (tertiary/aromatic N) is 1. The molecule has 2 unspecified atom stereocenters. The molecule has 0 spiro atoms. The van der Waals surface area contributed by atoms with Crippen molar-refractivity contribution in [2.75, 3.05) is 18.0 Å². The predicted molar refractivity (Wildman–Crippen MR) is 80.6 cm³/mol. The van der Waals surface area contributed by atoms with Crippen molar-refractivity contribution < 1.29 is 4.79 Å².